The summed E-state index contributed by atoms with van der Waals surface area (Å²) >= 11 is 7.60. The van der Waals surface area contributed by atoms with E-state index in [1.54, 1.807) is 27.1 Å². The van der Waals surface area contributed by atoms with Crippen LogP contribution in [0, 0.1) is 0 Å². The first-order chi connectivity index (χ1) is 14.1. The SMILES string of the molecule is Cn1cc(N2CCC(Nc3ncnc4cc(-c5ccc(Cl)cc5)sc34)C2=O)cn1. The van der Waals surface area contributed by atoms with Crippen molar-refractivity contribution < 1.29 is 4.79 Å². The van der Waals surface area contributed by atoms with Crippen LogP contribution in [0.25, 0.3) is 20.7 Å². The Bertz CT molecular complexity index is 1200. The molecule has 1 aliphatic heterocycles. The van der Waals surface area contributed by atoms with Crippen molar-refractivity contribution in [3.05, 3.63) is 54.1 Å². The molecule has 0 bridgehead atoms. The van der Waals surface area contributed by atoms with E-state index in [1.807, 2.05) is 43.6 Å². The number of hydrogen-bond acceptors (Lipinski definition) is 6. The average Bonchev–Trinajstić information content (AvgIpc) is 3.42. The molecule has 1 N–H and O–H groups in total. The van der Waals surface area contributed by atoms with Crippen molar-refractivity contribution in [1.82, 2.24) is 19.7 Å². The van der Waals surface area contributed by atoms with Gasteiger partial charge in [-0.3, -0.25) is 9.48 Å². The number of aromatic nitrogens is 4. The Morgan fingerprint density at radius 2 is 2.07 bits per heavy atom. The van der Waals surface area contributed by atoms with Crippen LogP contribution in [0.2, 0.25) is 5.02 Å². The third-order valence-corrected chi connectivity index (χ3v) is 6.39. The van der Waals surface area contributed by atoms with E-state index in [9.17, 15) is 4.79 Å². The lowest BCUT2D eigenvalue weighted by Crippen LogP contribution is -2.33. The molecule has 29 heavy (non-hydrogen) atoms. The highest BCUT2D eigenvalue weighted by Gasteiger charge is 2.33. The minimum Gasteiger partial charge on any atom is -0.357 e. The Labute approximate surface area is 176 Å². The fraction of sp³-hybridized carbons (Fsp3) is 0.200. The highest BCUT2D eigenvalue weighted by Crippen LogP contribution is 2.36. The minimum atomic E-state index is -0.325. The zero-order valence-electron chi connectivity index (χ0n) is 15.5. The van der Waals surface area contributed by atoms with Crippen molar-refractivity contribution in [2.45, 2.75) is 12.5 Å². The first-order valence-corrected chi connectivity index (χ1v) is 10.3. The van der Waals surface area contributed by atoms with Gasteiger partial charge in [0.1, 0.15) is 18.2 Å². The molecule has 1 saturated heterocycles. The fourth-order valence-corrected chi connectivity index (χ4v) is 4.69. The number of fused-ring (bicyclic) bond motifs is 1. The summed E-state index contributed by atoms with van der Waals surface area (Å²) in [6, 6.07) is 9.43. The topological polar surface area (TPSA) is 75.9 Å². The number of hydrogen-bond donors (Lipinski definition) is 1. The molecule has 1 aromatic carbocycles. The molecule has 146 valence electrons. The quantitative estimate of drug-likeness (QED) is 0.536. The number of benzene rings is 1. The summed E-state index contributed by atoms with van der Waals surface area (Å²) in [5, 5.41) is 8.20. The summed E-state index contributed by atoms with van der Waals surface area (Å²) in [5.74, 6) is 0.714. The van der Waals surface area contributed by atoms with Crippen LogP contribution in [0.4, 0.5) is 11.5 Å². The van der Waals surface area contributed by atoms with E-state index >= 15 is 0 Å². The molecule has 3 aromatic heterocycles. The third-order valence-electron chi connectivity index (χ3n) is 4.96. The summed E-state index contributed by atoms with van der Waals surface area (Å²) in [7, 11) is 1.84. The summed E-state index contributed by atoms with van der Waals surface area (Å²) in [6.45, 7) is 0.650. The molecule has 0 aliphatic carbocycles. The predicted octanol–water partition coefficient (Wildman–Crippen LogP) is 3.96. The van der Waals surface area contributed by atoms with Crippen molar-refractivity contribution >= 4 is 50.6 Å². The predicted molar refractivity (Wildman–Crippen MR) is 115 cm³/mol. The number of nitrogens with zero attached hydrogens (tertiary/aromatic N) is 5. The van der Waals surface area contributed by atoms with E-state index in [0.717, 1.165) is 26.3 Å². The largest absolute Gasteiger partial charge is 0.357 e. The van der Waals surface area contributed by atoms with Gasteiger partial charge in [-0.1, -0.05) is 23.7 Å². The van der Waals surface area contributed by atoms with Crippen LogP contribution in [0.1, 0.15) is 6.42 Å². The smallest absolute Gasteiger partial charge is 0.249 e. The number of rotatable bonds is 4. The van der Waals surface area contributed by atoms with E-state index in [0.29, 0.717) is 23.8 Å². The second-order valence-electron chi connectivity index (χ2n) is 6.90. The Kier molecular flexibility index (Phi) is 4.44. The number of carbonyl (C=O) groups excluding carboxylic acids is 1. The lowest BCUT2D eigenvalue weighted by atomic mass is 10.2. The van der Waals surface area contributed by atoms with E-state index in [-0.39, 0.29) is 11.9 Å². The van der Waals surface area contributed by atoms with Gasteiger partial charge in [0.05, 0.1) is 22.1 Å². The molecule has 1 amide bonds. The zero-order valence-corrected chi connectivity index (χ0v) is 17.1. The molecular weight excluding hydrogens is 408 g/mol. The van der Waals surface area contributed by atoms with E-state index in [4.69, 9.17) is 11.6 Å². The van der Waals surface area contributed by atoms with Gasteiger partial charge in [-0.2, -0.15) is 5.10 Å². The molecule has 1 atom stereocenters. The molecule has 1 unspecified atom stereocenters. The van der Waals surface area contributed by atoms with Gasteiger partial charge in [-0.05, 0) is 30.2 Å². The molecule has 0 radical (unpaired) electrons. The van der Waals surface area contributed by atoms with Gasteiger partial charge >= 0.3 is 0 Å². The number of amides is 1. The monoisotopic (exact) mass is 424 g/mol. The second kappa shape index (κ2) is 7.13. The average molecular weight is 425 g/mol. The van der Waals surface area contributed by atoms with Crippen LogP contribution in [-0.4, -0.2) is 38.2 Å². The summed E-state index contributed by atoms with van der Waals surface area (Å²) in [5.41, 5.74) is 2.74. The highest BCUT2D eigenvalue weighted by atomic mass is 35.5. The number of nitrogens with one attached hydrogen (secondary N) is 1. The fourth-order valence-electron chi connectivity index (χ4n) is 3.50. The molecule has 0 saturated carbocycles. The number of carbonyl (C=O) groups is 1. The van der Waals surface area contributed by atoms with Crippen LogP contribution in [0.5, 0.6) is 0 Å². The lowest BCUT2D eigenvalue weighted by molar-refractivity contribution is -0.117. The normalized spacial score (nSPS) is 16.7. The van der Waals surface area contributed by atoms with Gasteiger partial charge in [0.15, 0.2) is 0 Å². The second-order valence-corrected chi connectivity index (χ2v) is 8.39. The Hall–Kier alpha value is -2.97. The van der Waals surface area contributed by atoms with Crippen molar-refractivity contribution in [3.8, 4) is 10.4 Å². The van der Waals surface area contributed by atoms with Crippen LogP contribution < -0.4 is 10.2 Å². The van der Waals surface area contributed by atoms with Gasteiger partial charge in [-0.25, -0.2) is 9.97 Å². The van der Waals surface area contributed by atoms with Crippen LogP contribution in [-0.2, 0) is 11.8 Å². The van der Waals surface area contributed by atoms with Crippen molar-refractivity contribution in [3.63, 3.8) is 0 Å². The number of thiophene rings is 1. The maximum atomic E-state index is 12.9. The maximum absolute atomic E-state index is 12.9. The molecule has 4 aromatic rings. The number of aryl methyl sites for hydroxylation is 1. The first kappa shape index (κ1) is 18.1. The van der Waals surface area contributed by atoms with Crippen LogP contribution in [0.15, 0.2) is 49.1 Å². The summed E-state index contributed by atoms with van der Waals surface area (Å²) in [6.07, 6.45) is 5.79. The minimum absolute atomic E-state index is 0.0271. The van der Waals surface area contributed by atoms with Gasteiger partial charge in [-0.15, -0.1) is 11.3 Å². The van der Waals surface area contributed by atoms with Gasteiger partial charge in [0.25, 0.3) is 0 Å². The van der Waals surface area contributed by atoms with Crippen molar-refractivity contribution in [2.75, 3.05) is 16.8 Å². The molecule has 7 nitrogen and oxygen atoms in total. The molecular formula is C20H17ClN6OS. The Morgan fingerprint density at radius 1 is 1.24 bits per heavy atom. The Morgan fingerprint density at radius 3 is 2.83 bits per heavy atom. The number of halogens is 1. The van der Waals surface area contributed by atoms with Gasteiger partial charge in [0.2, 0.25) is 5.91 Å². The van der Waals surface area contributed by atoms with Crippen molar-refractivity contribution in [2.24, 2.45) is 7.05 Å². The Balaban J connectivity index is 1.42. The van der Waals surface area contributed by atoms with Crippen molar-refractivity contribution in [1.29, 1.82) is 0 Å². The van der Waals surface area contributed by atoms with Gasteiger partial charge < -0.3 is 10.2 Å². The molecule has 1 fully saturated rings. The number of anilines is 2. The summed E-state index contributed by atoms with van der Waals surface area (Å²) < 4.78 is 2.63. The lowest BCUT2D eigenvalue weighted by Gasteiger charge is -2.15. The first-order valence-electron chi connectivity index (χ1n) is 9.15. The standard InChI is InChI=1S/C20H17ClN6OS/c1-26-10-14(9-24-26)27-7-6-15(20(27)28)25-19-18-16(22-11-23-19)8-17(29-18)12-2-4-13(21)5-3-12/h2-5,8-11,15H,6-7H2,1H3,(H,22,23,25). The van der Waals surface area contributed by atoms with E-state index in [1.165, 1.54) is 6.33 Å². The van der Waals surface area contributed by atoms with E-state index in [2.05, 4.69) is 20.4 Å². The highest BCUT2D eigenvalue weighted by molar-refractivity contribution is 7.22. The van der Waals surface area contributed by atoms with E-state index < -0.39 is 0 Å². The molecule has 4 heterocycles. The van der Waals surface area contributed by atoms with Crippen LogP contribution in [0.3, 0.4) is 0 Å². The maximum Gasteiger partial charge on any atom is 0.249 e. The summed E-state index contributed by atoms with van der Waals surface area (Å²) in [4.78, 5) is 24.5. The third kappa shape index (κ3) is 3.34. The molecule has 0 spiro atoms. The van der Waals surface area contributed by atoms with Gasteiger partial charge in [0, 0.05) is 29.7 Å². The molecule has 1 aliphatic rings. The molecule has 9 heteroatoms. The van der Waals surface area contributed by atoms with Crippen LogP contribution >= 0.6 is 22.9 Å². The zero-order chi connectivity index (χ0) is 20.0. The molecule has 5 rings (SSSR count).